The minimum Gasteiger partial charge on any atom is -0.371 e. The number of halogens is 1. The van der Waals surface area contributed by atoms with E-state index < -0.39 is 0 Å². The Hall–Kier alpha value is -1.26. The highest BCUT2D eigenvalue weighted by molar-refractivity contribution is 7.22. The van der Waals surface area contributed by atoms with Gasteiger partial charge in [0.2, 0.25) is 5.91 Å². The molecule has 1 saturated heterocycles. The van der Waals surface area contributed by atoms with Crippen molar-refractivity contribution in [3.63, 3.8) is 0 Å². The van der Waals surface area contributed by atoms with Gasteiger partial charge in [-0.25, -0.2) is 0 Å². The first-order valence-corrected chi connectivity index (χ1v) is 7.06. The zero-order valence-corrected chi connectivity index (χ0v) is 11.3. The summed E-state index contributed by atoms with van der Waals surface area (Å²) < 4.78 is 1.98. The Morgan fingerprint density at radius 3 is 3.00 bits per heavy atom. The Kier molecular flexibility index (Phi) is 2.92. The number of anilines is 1. The van der Waals surface area contributed by atoms with Crippen molar-refractivity contribution in [1.82, 2.24) is 0 Å². The number of carbonyl (C=O) groups is 1. The summed E-state index contributed by atoms with van der Waals surface area (Å²) in [5, 5.41) is 1.17. The molecule has 1 amide bonds. The van der Waals surface area contributed by atoms with E-state index in [9.17, 15) is 4.79 Å². The van der Waals surface area contributed by atoms with Crippen molar-refractivity contribution >= 4 is 44.6 Å². The zero-order chi connectivity index (χ0) is 12.7. The first-order valence-electron chi connectivity index (χ1n) is 5.87. The van der Waals surface area contributed by atoms with Gasteiger partial charge in [-0.2, -0.15) is 0 Å². The van der Waals surface area contributed by atoms with Gasteiger partial charge in [-0.15, -0.1) is 11.3 Å². The van der Waals surface area contributed by atoms with Crippen LogP contribution in [0, 0.1) is 5.92 Å². The van der Waals surface area contributed by atoms with Crippen LogP contribution >= 0.6 is 22.9 Å². The monoisotopic (exact) mass is 280 g/mol. The predicted molar refractivity (Wildman–Crippen MR) is 76.3 cm³/mol. The number of primary amides is 1. The molecular formula is C13H13ClN2OS. The summed E-state index contributed by atoms with van der Waals surface area (Å²) >= 11 is 7.58. The molecule has 0 unspecified atom stereocenters. The van der Waals surface area contributed by atoms with Gasteiger partial charge in [-0.1, -0.05) is 17.7 Å². The second-order valence-corrected chi connectivity index (χ2v) is 6.32. The Morgan fingerprint density at radius 1 is 1.44 bits per heavy atom. The highest BCUT2D eigenvalue weighted by Gasteiger charge is 2.26. The van der Waals surface area contributed by atoms with Crippen LogP contribution in [0.15, 0.2) is 24.3 Å². The molecule has 1 aliphatic rings. The smallest absolute Gasteiger partial charge is 0.222 e. The van der Waals surface area contributed by atoms with Crippen LogP contribution in [0.25, 0.3) is 10.1 Å². The highest BCUT2D eigenvalue weighted by Crippen LogP contribution is 2.33. The maximum absolute atomic E-state index is 11.2. The van der Waals surface area contributed by atoms with Crippen molar-refractivity contribution in [2.75, 3.05) is 18.0 Å². The molecule has 18 heavy (non-hydrogen) atoms. The number of hydrogen-bond acceptors (Lipinski definition) is 3. The summed E-state index contributed by atoms with van der Waals surface area (Å²) in [5.74, 6) is -0.217. The lowest BCUT2D eigenvalue weighted by Crippen LogP contribution is -2.27. The number of rotatable bonds is 2. The van der Waals surface area contributed by atoms with E-state index in [0.717, 1.165) is 29.5 Å². The zero-order valence-electron chi connectivity index (χ0n) is 9.73. The third-order valence-electron chi connectivity index (χ3n) is 3.43. The number of thiophene rings is 1. The first kappa shape index (κ1) is 11.8. The van der Waals surface area contributed by atoms with E-state index in [1.54, 1.807) is 11.3 Å². The topological polar surface area (TPSA) is 46.3 Å². The number of carbonyl (C=O) groups excluding carboxylic acids is 1. The summed E-state index contributed by atoms with van der Waals surface area (Å²) in [6, 6.07) is 8.26. The van der Waals surface area contributed by atoms with Gasteiger partial charge in [0.1, 0.15) is 0 Å². The second kappa shape index (κ2) is 4.44. The van der Waals surface area contributed by atoms with Gasteiger partial charge in [-0.3, -0.25) is 4.79 Å². The van der Waals surface area contributed by atoms with Crippen LogP contribution in [0.1, 0.15) is 6.42 Å². The molecule has 1 aromatic heterocycles. The maximum atomic E-state index is 11.2. The number of amides is 1. The minimum absolute atomic E-state index is 0.0207. The van der Waals surface area contributed by atoms with E-state index in [-0.39, 0.29) is 11.8 Å². The van der Waals surface area contributed by atoms with Gasteiger partial charge in [0.05, 0.1) is 10.3 Å². The van der Waals surface area contributed by atoms with Crippen LogP contribution in [0.4, 0.5) is 5.69 Å². The predicted octanol–water partition coefficient (Wildman–Crippen LogP) is 2.87. The summed E-state index contributed by atoms with van der Waals surface area (Å²) in [6.45, 7) is 1.61. The van der Waals surface area contributed by atoms with Crippen molar-refractivity contribution in [2.24, 2.45) is 11.7 Å². The SMILES string of the molecule is NC(=O)[C@@H]1CCN(c2ccc3cc(Cl)sc3c2)C1. The molecule has 0 bridgehead atoms. The Morgan fingerprint density at radius 2 is 2.28 bits per heavy atom. The molecule has 1 aromatic carbocycles. The van der Waals surface area contributed by atoms with Gasteiger partial charge in [0.15, 0.2) is 0 Å². The van der Waals surface area contributed by atoms with E-state index in [4.69, 9.17) is 17.3 Å². The van der Waals surface area contributed by atoms with Gasteiger partial charge in [0, 0.05) is 23.5 Å². The Balaban J connectivity index is 1.88. The molecular weight excluding hydrogens is 268 g/mol. The maximum Gasteiger partial charge on any atom is 0.222 e. The summed E-state index contributed by atoms with van der Waals surface area (Å²) in [5.41, 5.74) is 6.49. The molecule has 3 rings (SSSR count). The van der Waals surface area contributed by atoms with Crippen molar-refractivity contribution in [1.29, 1.82) is 0 Å². The Bertz CT molecular complexity index is 610. The molecule has 2 heterocycles. The number of hydrogen-bond donors (Lipinski definition) is 1. The van der Waals surface area contributed by atoms with Crippen molar-refractivity contribution < 1.29 is 4.79 Å². The molecule has 0 aliphatic carbocycles. The van der Waals surface area contributed by atoms with Gasteiger partial charge < -0.3 is 10.6 Å². The van der Waals surface area contributed by atoms with Crippen molar-refractivity contribution in [2.45, 2.75) is 6.42 Å². The summed E-state index contributed by atoms with van der Waals surface area (Å²) in [4.78, 5) is 13.4. The largest absolute Gasteiger partial charge is 0.371 e. The fraction of sp³-hybridized carbons (Fsp3) is 0.308. The van der Waals surface area contributed by atoms with E-state index in [2.05, 4.69) is 23.1 Å². The first-order chi connectivity index (χ1) is 8.63. The lowest BCUT2D eigenvalue weighted by atomic mass is 10.1. The molecule has 3 nitrogen and oxygen atoms in total. The normalized spacial score (nSPS) is 19.6. The standard InChI is InChI=1S/C13H13ClN2OS/c14-12-5-8-1-2-10(6-11(8)18-12)16-4-3-9(7-16)13(15)17/h1-2,5-6,9H,3-4,7H2,(H2,15,17)/t9-/m1/s1. The van der Waals surface area contributed by atoms with Crippen LogP contribution < -0.4 is 10.6 Å². The lowest BCUT2D eigenvalue weighted by molar-refractivity contribution is -0.121. The number of nitrogens with zero attached hydrogens (tertiary/aromatic N) is 1. The fourth-order valence-electron chi connectivity index (χ4n) is 2.41. The van der Waals surface area contributed by atoms with E-state index in [1.807, 2.05) is 6.07 Å². The number of benzene rings is 1. The number of fused-ring (bicyclic) bond motifs is 1. The molecule has 94 valence electrons. The van der Waals surface area contributed by atoms with Gasteiger partial charge >= 0.3 is 0 Å². The second-order valence-electron chi connectivity index (χ2n) is 4.61. The third kappa shape index (κ3) is 2.06. The fourth-order valence-corrected chi connectivity index (χ4v) is 3.60. The Labute approximate surface area is 114 Å². The molecule has 0 radical (unpaired) electrons. The van der Waals surface area contributed by atoms with Gasteiger partial charge in [0.25, 0.3) is 0 Å². The van der Waals surface area contributed by atoms with E-state index in [0.29, 0.717) is 0 Å². The molecule has 1 fully saturated rings. The van der Waals surface area contributed by atoms with E-state index >= 15 is 0 Å². The number of nitrogens with two attached hydrogens (primary N) is 1. The molecule has 1 aliphatic heterocycles. The minimum atomic E-state index is -0.197. The van der Waals surface area contributed by atoms with Crippen LogP contribution in [-0.2, 0) is 4.79 Å². The molecule has 0 saturated carbocycles. The molecule has 2 N–H and O–H groups in total. The average molecular weight is 281 g/mol. The van der Waals surface area contributed by atoms with E-state index in [1.165, 1.54) is 10.1 Å². The van der Waals surface area contributed by atoms with Crippen LogP contribution in [0.3, 0.4) is 0 Å². The molecule has 5 heteroatoms. The highest BCUT2D eigenvalue weighted by atomic mass is 35.5. The van der Waals surface area contributed by atoms with Crippen molar-refractivity contribution in [3.05, 3.63) is 28.6 Å². The average Bonchev–Trinajstić information content (AvgIpc) is 2.91. The van der Waals surface area contributed by atoms with Crippen LogP contribution in [0.2, 0.25) is 4.34 Å². The molecule has 1 atom stereocenters. The third-order valence-corrected chi connectivity index (χ3v) is 4.66. The van der Waals surface area contributed by atoms with Gasteiger partial charge in [-0.05, 0) is 30.0 Å². The van der Waals surface area contributed by atoms with Crippen LogP contribution in [-0.4, -0.2) is 19.0 Å². The molecule has 0 spiro atoms. The summed E-state index contributed by atoms with van der Waals surface area (Å²) in [6.07, 6.45) is 0.846. The lowest BCUT2D eigenvalue weighted by Gasteiger charge is -2.18. The van der Waals surface area contributed by atoms with Crippen LogP contribution in [0.5, 0.6) is 0 Å². The molecule has 2 aromatic rings. The van der Waals surface area contributed by atoms with Crippen molar-refractivity contribution in [3.8, 4) is 0 Å². The summed E-state index contributed by atoms with van der Waals surface area (Å²) in [7, 11) is 0. The quantitative estimate of drug-likeness (QED) is 0.919.